The number of hydrogen-bond acceptors (Lipinski definition) is 0. The number of benzene rings is 5. The fourth-order valence-corrected chi connectivity index (χ4v) is 34.2. The minimum atomic E-state index is -2.18. The molecule has 0 fully saturated rings. The molecule has 0 amide bonds. The van der Waals surface area contributed by atoms with Gasteiger partial charge in [0.05, 0.1) is 0 Å². The molecule has 4 heteroatoms. The van der Waals surface area contributed by atoms with Crippen molar-refractivity contribution in [2.75, 3.05) is 0 Å². The topological polar surface area (TPSA) is 0 Å². The summed E-state index contributed by atoms with van der Waals surface area (Å²) in [5.41, 5.74) is 16.6. The molecule has 0 bridgehead atoms. The summed E-state index contributed by atoms with van der Waals surface area (Å²) in [7, 11) is 0. The van der Waals surface area contributed by atoms with E-state index in [9.17, 15) is 0 Å². The molecule has 1 aliphatic carbocycles. The van der Waals surface area contributed by atoms with Gasteiger partial charge >= 0.3 is 287 Å². The monoisotopic (exact) mass is 761 g/mol. The molecule has 3 aliphatic rings. The summed E-state index contributed by atoms with van der Waals surface area (Å²) >= 11 is -2.18. The Balaban J connectivity index is 0.00000201. The molecule has 2 aliphatic heterocycles. The van der Waals surface area contributed by atoms with Gasteiger partial charge in [0.1, 0.15) is 0 Å². The van der Waals surface area contributed by atoms with Crippen molar-refractivity contribution < 1.29 is 45.7 Å². The maximum atomic E-state index is 2.65. The molecular weight excluding hydrogens is 719 g/mol. The van der Waals surface area contributed by atoms with Gasteiger partial charge in [-0.1, -0.05) is 0 Å². The Kier molecular flexibility index (Phi) is 9.34. The molecule has 0 N–H and O–H groups in total. The van der Waals surface area contributed by atoms with Crippen LogP contribution < -0.4 is 38.5 Å². The van der Waals surface area contributed by atoms with Crippen molar-refractivity contribution in [3.8, 4) is 22.3 Å². The van der Waals surface area contributed by atoms with Crippen LogP contribution in [0, 0.1) is 0 Å². The van der Waals surface area contributed by atoms with Crippen LogP contribution in [0.15, 0.2) is 103 Å². The molecule has 48 heavy (non-hydrogen) atoms. The summed E-state index contributed by atoms with van der Waals surface area (Å²) in [6, 6.07) is 40.7. The summed E-state index contributed by atoms with van der Waals surface area (Å²) in [6.45, 7) is 18.9. The summed E-state index contributed by atoms with van der Waals surface area (Å²) in [5, 5.41) is 3.53. The molecule has 5 aromatic rings. The van der Waals surface area contributed by atoms with Crippen molar-refractivity contribution in [1.82, 2.24) is 0 Å². The van der Waals surface area contributed by atoms with E-state index in [1.807, 2.05) is 0 Å². The maximum Gasteiger partial charge on any atom is -1.00 e. The smallest absolute Gasteiger partial charge is 1.00 e. The second-order valence-electron chi connectivity index (χ2n) is 16.1. The molecule has 0 aromatic heterocycles. The predicted molar refractivity (Wildman–Crippen MR) is 198 cm³/mol. The first kappa shape index (κ1) is 35.3. The van der Waals surface area contributed by atoms with E-state index in [1.54, 1.807) is 35.9 Å². The average molecular weight is 764 g/mol. The summed E-state index contributed by atoms with van der Waals surface area (Å²) in [5.74, 6) is -0.760. The van der Waals surface area contributed by atoms with Crippen molar-refractivity contribution in [2.45, 2.75) is 75.8 Å². The van der Waals surface area contributed by atoms with Crippen LogP contribution in [0.25, 0.3) is 33.9 Å². The van der Waals surface area contributed by atoms with Crippen molar-refractivity contribution in [1.29, 1.82) is 0 Å². The molecular formula is C44H45Cl2SiZr. The van der Waals surface area contributed by atoms with E-state index in [4.69, 9.17) is 0 Å². The SMILES string of the molecule is CC(C)c1ccc2c(c1-c1cc(C(C)(C)C)cc(C(C)(C)C)c1)C=C(c1ccccc1)[CH]2[Zr+2]1[c]2cccc3c2[SiH]1c1ccccc1-3.[Cl-].[Cl-]. The van der Waals surface area contributed by atoms with Crippen molar-refractivity contribution in [2.24, 2.45) is 0 Å². The molecule has 2 unspecified atom stereocenters. The van der Waals surface area contributed by atoms with Gasteiger partial charge in [-0.2, -0.15) is 0 Å². The van der Waals surface area contributed by atoms with Gasteiger partial charge in [-0.3, -0.25) is 0 Å². The normalized spacial score (nSPS) is 17.1. The zero-order valence-corrected chi connectivity index (χ0v) is 34.5. The first-order chi connectivity index (χ1) is 21.9. The molecule has 243 valence electrons. The van der Waals surface area contributed by atoms with Gasteiger partial charge in [-0.25, -0.2) is 0 Å². The van der Waals surface area contributed by atoms with Crippen molar-refractivity contribution >= 4 is 31.2 Å². The molecule has 2 atom stereocenters. The summed E-state index contributed by atoms with van der Waals surface area (Å²) < 4.78 is 2.35. The van der Waals surface area contributed by atoms with E-state index < -0.39 is 26.8 Å². The van der Waals surface area contributed by atoms with Crippen LogP contribution in [0.5, 0.6) is 0 Å². The molecule has 2 heterocycles. The maximum absolute atomic E-state index is 2.65. The van der Waals surface area contributed by atoms with Crippen LogP contribution in [0.3, 0.4) is 0 Å². The zero-order chi connectivity index (χ0) is 32.1. The molecule has 0 radical (unpaired) electrons. The quantitative estimate of drug-likeness (QED) is 0.247. The van der Waals surface area contributed by atoms with Crippen LogP contribution >= 0.6 is 0 Å². The van der Waals surface area contributed by atoms with Gasteiger partial charge in [-0.15, -0.1) is 0 Å². The molecule has 0 nitrogen and oxygen atoms in total. The van der Waals surface area contributed by atoms with Crippen LogP contribution in [-0.4, -0.2) is 5.92 Å². The number of allylic oxidation sites excluding steroid dienone is 1. The number of fused-ring (bicyclic) bond motifs is 4. The Morgan fingerprint density at radius 3 is 1.92 bits per heavy atom. The number of halogens is 2. The Labute approximate surface area is 309 Å². The van der Waals surface area contributed by atoms with E-state index in [0.29, 0.717) is 9.54 Å². The van der Waals surface area contributed by atoms with E-state index >= 15 is 0 Å². The van der Waals surface area contributed by atoms with Crippen LogP contribution in [0.4, 0.5) is 0 Å². The number of hydrogen-bond donors (Lipinski definition) is 0. The molecule has 0 spiro atoms. The van der Waals surface area contributed by atoms with E-state index in [1.165, 1.54) is 38.9 Å². The molecule has 0 saturated carbocycles. The third kappa shape index (κ3) is 5.51. The minimum Gasteiger partial charge on any atom is -1.00 e. The van der Waals surface area contributed by atoms with Crippen LogP contribution in [0.2, 0.25) is 0 Å². The number of rotatable bonds is 4. The predicted octanol–water partition coefficient (Wildman–Crippen LogP) is 3.45. The fourth-order valence-electron chi connectivity index (χ4n) is 8.36. The average Bonchev–Trinajstić information content (AvgIpc) is 3.55. The summed E-state index contributed by atoms with van der Waals surface area (Å²) in [4.78, 5) is 0. The first-order valence-electron chi connectivity index (χ1n) is 17.1. The van der Waals surface area contributed by atoms with Gasteiger partial charge in [0, 0.05) is 0 Å². The van der Waals surface area contributed by atoms with Crippen molar-refractivity contribution in [3.63, 3.8) is 0 Å². The standard InChI is InChI=1S/C32H37.C12H8Si.2ClH.Zr/c1-21(2)28-15-14-23-16-24(22-12-10-9-11-13-22)19-29(23)30(28)25-17-26(31(3,4)5)20-27(18-25)32(6,7)8;1-3-7-11-9(5-1)10-6-2-4-8-12(10)13-11;;;/h9-21H,1-8H3;1-7,13H;2*1H;/q;;;;+2/p-2. The van der Waals surface area contributed by atoms with Gasteiger partial charge in [0.15, 0.2) is 0 Å². The third-order valence-corrected chi connectivity index (χ3v) is 32.9. The molecule has 8 rings (SSSR count). The van der Waals surface area contributed by atoms with Crippen LogP contribution in [-0.2, 0) is 31.7 Å². The Bertz CT molecular complexity index is 2030. The first-order valence-corrected chi connectivity index (χ1v) is 25.8. The Morgan fingerprint density at radius 2 is 1.27 bits per heavy atom. The largest absolute Gasteiger partial charge is 1.00 e. The third-order valence-electron chi connectivity index (χ3n) is 10.8. The van der Waals surface area contributed by atoms with Gasteiger partial charge in [0.25, 0.3) is 0 Å². The van der Waals surface area contributed by atoms with E-state index in [-0.39, 0.29) is 35.6 Å². The minimum absolute atomic E-state index is 0. The Morgan fingerprint density at radius 1 is 0.646 bits per heavy atom. The van der Waals surface area contributed by atoms with Crippen LogP contribution in [0.1, 0.15) is 98.3 Å². The van der Waals surface area contributed by atoms with Crippen molar-refractivity contribution in [3.05, 3.63) is 137 Å². The second kappa shape index (κ2) is 12.7. The summed E-state index contributed by atoms with van der Waals surface area (Å²) in [6.07, 6.45) is 2.65. The molecule has 5 aromatic carbocycles. The zero-order valence-electron chi connectivity index (χ0n) is 29.4. The van der Waals surface area contributed by atoms with E-state index in [0.717, 1.165) is 0 Å². The van der Waals surface area contributed by atoms with E-state index in [2.05, 4.69) is 165 Å². The van der Waals surface area contributed by atoms with Gasteiger partial charge in [0.2, 0.25) is 0 Å². The van der Waals surface area contributed by atoms with Gasteiger partial charge < -0.3 is 24.8 Å². The van der Waals surface area contributed by atoms with Gasteiger partial charge in [-0.05, 0) is 0 Å². The Hall–Kier alpha value is -2.48. The molecule has 0 saturated heterocycles. The fraction of sp³-hybridized carbons (Fsp3) is 0.273. The second-order valence-corrected chi connectivity index (χ2v) is 31.1.